The average molecular weight is 667 g/mol. The molecule has 0 spiro atoms. The first-order valence-electron chi connectivity index (χ1n) is 14.2. The fourth-order valence-corrected chi connectivity index (χ4v) is 3.85. The topological polar surface area (TPSA) is 281 Å². The molecule has 13 N–H and O–H groups in total. The highest BCUT2D eigenvalue weighted by atomic mass is 16.4. The van der Waals surface area contributed by atoms with Crippen LogP contribution in [-0.2, 0) is 28.8 Å². The summed E-state index contributed by atoms with van der Waals surface area (Å²) in [6, 6.07) is -5.13. The maximum Gasteiger partial charge on any atom is 0.374 e. The predicted octanol–water partition coefficient (Wildman–Crippen LogP) is -0.340. The standard InChI is InChI=1S/C26H50N8O8.4CH4/c1-14(2)21(25(40)30-18(24(29)39)10-6-8-12-28)33-31-15(3)19(36)13-20(37)17(9-5-7-11-27)32-34-22(16(4)35)23(38)26(41)42;;;;/h14-18,21-22,31-35H,5-13,27-28H2,1-4H3,(H2,29,39)(H,30,40)(H,41,42);4*1H4/t15?,16-,17+,18+,21+,22+;;;;/m1..../s1. The van der Waals surface area contributed by atoms with Crippen molar-refractivity contribution in [2.75, 3.05) is 13.1 Å². The van der Waals surface area contributed by atoms with Crippen LogP contribution in [0.25, 0.3) is 0 Å². The lowest BCUT2D eigenvalue weighted by molar-refractivity contribution is -0.151. The molecule has 0 fully saturated rings. The lowest BCUT2D eigenvalue weighted by atomic mass is 9.99. The molecule has 0 aliphatic carbocycles. The molecule has 0 aromatic carbocycles. The zero-order chi connectivity index (χ0) is 32.4. The van der Waals surface area contributed by atoms with Crippen molar-refractivity contribution in [1.29, 1.82) is 0 Å². The highest BCUT2D eigenvalue weighted by Gasteiger charge is 2.32. The summed E-state index contributed by atoms with van der Waals surface area (Å²) in [6.45, 7) is 7.07. The maximum atomic E-state index is 13.0. The number of nitrogens with two attached hydrogens (primary N) is 3. The quantitative estimate of drug-likeness (QED) is 0.0258. The van der Waals surface area contributed by atoms with Crippen molar-refractivity contribution in [3.8, 4) is 0 Å². The number of aliphatic hydroxyl groups excluding tert-OH is 1. The molecule has 16 nitrogen and oxygen atoms in total. The number of Topliss-reactive ketones (excluding diaryl/α,β-unsaturated/α-hetero) is 3. The molecular weight excluding hydrogens is 600 g/mol. The van der Waals surface area contributed by atoms with Crippen LogP contribution < -0.4 is 44.2 Å². The molecule has 0 saturated carbocycles. The number of ketones is 3. The van der Waals surface area contributed by atoms with E-state index in [0.29, 0.717) is 45.2 Å². The second-order valence-corrected chi connectivity index (χ2v) is 10.6. The minimum Gasteiger partial charge on any atom is -0.475 e. The molecule has 1 unspecified atom stereocenters. The van der Waals surface area contributed by atoms with Crippen molar-refractivity contribution in [3.05, 3.63) is 0 Å². The number of nitrogens with one attached hydrogen (secondary N) is 5. The van der Waals surface area contributed by atoms with Gasteiger partial charge in [-0.2, -0.15) is 0 Å². The maximum absolute atomic E-state index is 13.0. The van der Waals surface area contributed by atoms with Crippen LogP contribution in [0.3, 0.4) is 0 Å². The largest absolute Gasteiger partial charge is 0.475 e. The van der Waals surface area contributed by atoms with Gasteiger partial charge in [0.15, 0.2) is 11.6 Å². The number of carbonyl (C=O) groups is 6. The number of hydrogen-bond acceptors (Lipinski definition) is 13. The number of carboxylic acid groups (broad SMARTS) is 1. The Hall–Kier alpha value is -2.86. The summed E-state index contributed by atoms with van der Waals surface area (Å²) in [5, 5.41) is 21.4. The Labute approximate surface area is 276 Å². The van der Waals surface area contributed by atoms with Gasteiger partial charge >= 0.3 is 5.97 Å². The summed E-state index contributed by atoms with van der Waals surface area (Å²) in [5.74, 6) is -5.52. The highest BCUT2D eigenvalue weighted by molar-refractivity contribution is 6.35. The molecule has 0 heterocycles. The van der Waals surface area contributed by atoms with Crippen LogP contribution in [-0.4, -0.2) is 94.7 Å². The second-order valence-electron chi connectivity index (χ2n) is 10.6. The zero-order valence-electron chi connectivity index (χ0n) is 25.0. The minimum atomic E-state index is -1.76. The van der Waals surface area contributed by atoms with Gasteiger partial charge in [0.1, 0.15) is 18.1 Å². The van der Waals surface area contributed by atoms with Gasteiger partial charge in [-0.15, -0.1) is 0 Å². The van der Waals surface area contributed by atoms with Crippen molar-refractivity contribution in [3.63, 3.8) is 0 Å². The van der Waals surface area contributed by atoms with Crippen LogP contribution in [0.1, 0.15) is 102 Å². The Kier molecular flexibility index (Phi) is 32.5. The summed E-state index contributed by atoms with van der Waals surface area (Å²) < 4.78 is 0. The molecule has 16 heteroatoms. The van der Waals surface area contributed by atoms with E-state index in [4.69, 9.17) is 22.3 Å². The highest BCUT2D eigenvalue weighted by Crippen LogP contribution is 2.08. The third-order valence-corrected chi connectivity index (χ3v) is 6.57. The first-order valence-corrected chi connectivity index (χ1v) is 14.2. The predicted molar refractivity (Wildman–Crippen MR) is 181 cm³/mol. The van der Waals surface area contributed by atoms with Crippen LogP contribution in [0, 0.1) is 5.92 Å². The van der Waals surface area contributed by atoms with E-state index in [1.807, 2.05) is 0 Å². The summed E-state index contributed by atoms with van der Waals surface area (Å²) in [7, 11) is 0. The SMILES string of the molecule is C.C.C.C.CC(NN[C@H](C(=O)N[C@@H](CCCCN)C(N)=O)C(C)C)C(=O)CC(=O)[C@H](CCCCN)NN[C@H](C(=O)C(=O)O)[C@@H](C)O. The van der Waals surface area contributed by atoms with Gasteiger partial charge in [-0.3, -0.25) is 24.0 Å². The number of aliphatic carboxylic acids is 1. The van der Waals surface area contributed by atoms with Crippen molar-refractivity contribution in [2.24, 2.45) is 23.1 Å². The molecule has 0 aliphatic rings. The molecule has 0 radical (unpaired) electrons. The van der Waals surface area contributed by atoms with Gasteiger partial charge < -0.3 is 32.7 Å². The first kappa shape index (κ1) is 52.7. The number of unbranched alkanes of at least 4 members (excludes halogenated alkanes) is 2. The number of amides is 2. The van der Waals surface area contributed by atoms with Crippen LogP contribution >= 0.6 is 0 Å². The number of rotatable bonds is 25. The normalized spacial score (nSPS) is 14.3. The van der Waals surface area contributed by atoms with E-state index >= 15 is 0 Å². The van der Waals surface area contributed by atoms with Crippen molar-refractivity contribution in [1.82, 2.24) is 27.0 Å². The van der Waals surface area contributed by atoms with Gasteiger partial charge in [-0.05, 0) is 65.0 Å². The molecule has 274 valence electrons. The fraction of sp³-hybridized carbons (Fsp3) is 0.800. The van der Waals surface area contributed by atoms with Crippen LogP contribution in [0.2, 0.25) is 0 Å². The van der Waals surface area contributed by atoms with E-state index in [-0.39, 0.29) is 42.0 Å². The number of hydrogen-bond donors (Lipinski definition) is 10. The van der Waals surface area contributed by atoms with E-state index < -0.39 is 77.9 Å². The molecule has 0 bridgehead atoms. The smallest absolute Gasteiger partial charge is 0.374 e. The number of carboxylic acids is 1. The van der Waals surface area contributed by atoms with E-state index in [1.165, 1.54) is 13.8 Å². The Morgan fingerprint density at radius 3 is 1.57 bits per heavy atom. The minimum absolute atomic E-state index is 0. The van der Waals surface area contributed by atoms with E-state index in [0.717, 1.165) is 0 Å². The summed E-state index contributed by atoms with van der Waals surface area (Å²) in [5.41, 5.74) is 27.0. The molecule has 0 rings (SSSR count). The zero-order valence-corrected chi connectivity index (χ0v) is 25.0. The molecule has 0 aromatic rings. The van der Waals surface area contributed by atoms with Crippen LogP contribution in [0.5, 0.6) is 0 Å². The van der Waals surface area contributed by atoms with Gasteiger partial charge in [-0.25, -0.2) is 26.5 Å². The lowest BCUT2D eigenvalue weighted by Crippen LogP contribution is -2.59. The first-order chi connectivity index (χ1) is 19.7. The molecule has 2 amide bonds. The van der Waals surface area contributed by atoms with E-state index in [9.17, 15) is 33.9 Å². The molecule has 6 atom stereocenters. The summed E-state index contributed by atoms with van der Waals surface area (Å²) in [6.07, 6.45) is 1.03. The average Bonchev–Trinajstić information content (AvgIpc) is 2.90. The van der Waals surface area contributed by atoms with E-state index in [1.54, 1.807) is 13.8 Å². The number of aliphatic hydroxyl groups is 1. The summed E-state index contributed by atoms with van der Waals surface area (Å²) >= 11 is 0. The Balaban J connectivity index is -0.00000140. The fourth-order valence-electron chi connectivity index (χ4n) is 3.85. The third kappa shape index (κ3) is 20.3. The number of primary amides is 1. The van der Waals surface area contributed by atoms with Crippen LogP contribution in [0.15, 0.2) is 0 Å². The Bertz CT molecular complexity index is 904. The van der Waals surface area contributed by atoms with Crippen molar-refractivity contribution >= 4 is 35.1 Å². The third-order valence-electron chi connectivity index (χ3n) is 6.57. The molecule has 0 saturated heterocycles. The lowest BCUT2D eigenvalue weighted by Gasteiger charge is -2.26. The Morgan fingerprint density at radius 1 is 0.674 bits per heavy atom. The monoisotopic (exact) mass is 667 g/mol. The van der Waals surface area contributed by atoms with E-state index in [2.05, 4.69) is 27.0 Å². The molecule has 0 aliphatic heterocycles. The van der Waals surface area contributed by atoms with Crippen molar-refractivity contribution < 1.29 is 39.0 Å². The van der Waals surface area contributed by atoms with Crippen molar-refractivity contribution in [2.45, 2.75) is 139 Å². The van der Waals surface area contributed by atoms with Gasteiger partial charge in [0.25, 0.3) is 5.78 Å². The van der Waals surface area contributed by atoms with Gasteiger partial charge in [0.2, 0.25) is 11.8 Å². The molecule has 46 heavy (non-hydrogen) atoms. The number of carbonyl (C=O) groups excluding carboxylic acids is 5. The van der Waals surface area contributed by atoms with Gasteiger partial charge in [0, 0.05) is 0 Å². The van der Waals surface area contributed by atoms with Crippen LogP contribution in [0.4, 0.5) is 0 Å². The molecule has 0 aromatic heterocycles. The Morgan fingerprint density at radius 2 is 1.15 bits per heavy atom. The molecular formula is C30H66N8O8. The van der Waals surface area contributed by atoms with Gasteiger partial charge in [0.05, 0.1) is 24.6 Å². The second kappa shape index (κ2) is 28.4. The van der Waals surface area contributed by atoms with Gasteiger partial charge in [-0.1, -0.05) is 50.0 Å². The number of hydrazine groups is 2. The summed E-state index contributed by atoms with van der Waals surface area (Å²) in [4.78, 5) is 73.5.